The van der Waals surface area contributed by atoms with Crippen LogP contribution in [0.3, 0.4) is 0 Å². The zero-order chi connectivity index (χ0) is 14.2. The Morgan fingerprint density at radius 2 is 2.05 bits per heavy atom. The maximum Gasteiger partial charge on any atom is 0.395 e. The Kier molecular flexibility index (Phi) is 2.06. The monoisotopic (exact) mass is 266 g/mol. The van der Waals surface area contributed by atoms with Gasteiger partial charge in [0.05, 0.1) is 11.0 Å². The van der Waals surface area contributed by atoms with E-state index in [1.54, 1.807) is 6.92 Å². The summed E-state index contributed by atoms with van der Waals surface area (Å²) in [5.74, 6) is -0.637. The summed E-state index contributed by atoms with van der Waals surface area (Å²) < 4.78 is 38.4. The number of rotatable bonds is 2. The van der Waals surface area contributed by atoms with Crippen LogP contribution in [0.4, 0.5) is 19.0 Å². The Morgan fingerprint density at radius 1 is 1.47 bits per heavy atom. The van der Waals surface area contributed by atoms with Gasteiger partial charge in [-0.3, -0.25) is 4.79 Å². The first kappa shape index (κ1) is 12.5. The van der Waals surface area contributed by atoms with Crippen LogP contribution in [-0.2, 0) is 0 Å². The number of carbonyl (C=O) groups is 1. The molecule has 0 saturated heterocycles. The maximum atomic E-state index is 12.8. The number of aryl methyl sites for hydroxylation is 1. The lowest BCUT2D eigenvalue weighted by Gasteiger charge is -2.09. The maximum absolute atomic E-state index is 12.8. The van der Waals surface area contributed by atoms with E-state index in [0.29, 0.717) is 5.69 Å². The molecule has 0 aliphatic heterocycles. The number of aromatic nitrogens is 1. The fraction of sp³-hybridized carbons (Fsp3) is 0.500. The number of alkyl halides is 3. The van der Waals surface area contributed by atoms with Crippen LogP contribution in [0, 0.1) is 17.8 Å². The normalized spacial score (nSPS) is 31.8. The summed E-state index contributed by atoms with van der Waals surface area (Å²) in [5.41, 5.74) is 3.22. The summed E-state index contributed by atoms with van der Waals surface area (Å²) in [6, 6.07) is 1.33. The number of Topliss-reactive ketones (excluding diaryl/α,β-unsaturated/α-hetero) is 1. The predicted octanol–water partition coefficient (Wildman–Crippen LogP) is 1.29. The first-order valence-corrected chi connectivity index (χ1v) is 5.79. The molecule has 2 radical (unpaired) electrons. The zero-order valence-electron chi connectivity index (χ0n) is 10.1. The van der Waals surface area contributed by atoms with Crippen molar-refractivity contribution in [1.82, 2.24) is 4.98 Å². The Morgan fingerprint density at radius 3 is 2.53 bits per heavy atom. The molecule has 3 nitrogen and oxygen atoms in total. The fourth-order valence-electron chi connectivity index (χ4n) is 2.82. The van der Waals surface area contributed by atoms with E-state index in [1.807, 2.05) is 0 Å². The van der Waals surface area contributed by atoms with Gasteiger partial charge < -0.3 is 5.73 Å². The molecule has 2 saturated carbocycles. The molecule has 2 N–H and O–H groups in total. The van der Waals surface area contributed by atoms with Crippen LogP contribution in [0.1, 0.15) is 28.9 Å². The smallest absolute Gasteiger partial charge is 0.383 e. The van der Waals surface area contributed by atoms with Crippen LogP contribution in [0.25, 0.3) is 0 Å². The average molecular weight is 266 g/mol. The van der Waals surface area contributed by atoms with E-state index in [9.17, 15) is 18.0 Å². The van der Waals surface area contributed by atoms with Crippen molar-refractivity contribution in [2.45, 2.75) is 25.9 Å². The van der Waals surface area contributed by atoms with Crippen molar-refractivity contribution >= 4 is 24.9 Å². The molecule has 2 aliphatic rings. The van der Waals surface area contributed by atoms with Crippen molar-refractivity contribution in [3.63, 3.8) is 0 Å². The van der Waals surface area contributed by atoms with Crippen LogP contribution in [0.15, 0.2) is 6.07 Å². The lowest BCUT2D eigenvalue weighted by atomic mass is 9.90. The topological polar surface area (TPSA) is 56.0 Å². The molecular formula is C12H10BF3N2O. The Labute approximate surface area is 108 Å². The second-order valence-electron chi connectivity index (χ2n) is 5.44. The minimum Gasteiger partial charge on any atom is -0.383 e. The minimum absolute atomic E-state index is 0.00623. The molecule has 2 aliphatic carbocycles. The molecule has 1 heterocycles. The van der Waals surface area contributed by atoms with Crippen LogP contribution in [-0.4, -0.2) is 24.8 Å². The molecule has 0 bridgehead atoms. The summed E-state index contributed by atoms with van der Waals surface area (Å²) in [7, 11) is 5.63. The van der Waals surface area contributed by atoms with Crippen LogP contribution < -0.4 is 11.2 Å². The molecular weight excluding hydrogens is 256 g/mol. The van der Waals surface area contributed by atoms with Gasteiger partial charge in [0.1, 0.15) is 13.7 Å². The van der Waals surface area contributed by atoms with Gasteiger partial charge in [-0.2, -0.15) is 13.2 Å². The standard InChI is InChI=1S/C12H10BF3N2O/c1-5-7(13)2-6(9(17)18-5)8(19)10-3-11(10,4-10)12(14,15)16/h2H,3-4H2,1H3,(H2,17,18). The molecule has 0 spiro atoms. The Balaban J connectivity index is 1.95. The molecule has 19 heavy (non-hydrogen) atoms. The van der Waals surface area contributed by atoms with Gasteiger partial charge in [0, 0.05) is 11.1 Å². The van der Waals surface area contributed by atoms with Crippen LogP contribution in [0.5, 0.6) is 0 Å². The predicted molar refractivity (Wildman–Crippen MR) is 63.3 cm³/mol. The largest absolute Gasteiger partial charge is 0.395 e. The number of pyridine rings is 1. The quantitative estimate of drug-likeness (QED) is 0.648. The molecule has 0 unspecified atom stereocenters. The first-order valence-electron chi connectivity index (χ1n) is 5.79. The fourth-order valence-corrected chi connectivity index (χ4v) is 2.82. The molecule has 7 heteroatoms. The SMILES string of the molecule is [B]c1cc(C(=O)C23CC2(C(F)(F)F)C3)c(N)nc1C. The highest BCUT2D eigenvalue weighted by Crippen LogP contribution is 2.91. The third kappa shape index (κ3) is 1.35. The minimum atomic E-state index is -4.33. The summed E-state index contributed by atoms with van der Waals surface area (Å²) in [6.45, 7) is 1.62. The summed E-state index contributed by atoms with van der Waals surface area (Å²) in [5, 5.41) is 0. The molecule has 2 fully saturated rings. The van der Waals surface area contributed by atoms with Crippen molar-refractivity contribution in [1.29, 1.82) is 0 Å². The Hall–Kier alpha value is -1.53. The zero-order valence-corrected chi connectivity index (χ0v) is 10.1. The number of nitrogens with two attached hydrogens (primary N) is 1. The molecule has 98 valence electrons. The van der Waals surface area contributed by atoms with E-state index in [0.717, 1.165) is 0 Å². The van der Waals surface area contributed by atoms with E-state index < -0.39 is 22.8 Å². The summed E-state index contributed by atoms with van der Waals surface area (Å²) in [4.78, 5) is 16.1. The number of halogens is 3. The van der Waals surface area contributed by atoms with E-state index >= 15 is 0 Å². The second kappa shape index (κ2) is 3.14. The molecule has 0 amide bonds. The number of fused-ring (bicyclic) bond motifs is 1. The highest BCUT2D eigenvalue weighted by atomic mass is 19.4. The van der Waals surface area contributed by atoms with Gasteiger partial charge in [0.25, 0.3) is 0 Å². The number of hydrogen-bond donors (Lipinski definition) is 1. The van der Waals surface area contributed by atoms with Crippen molar-refractivity contribution in [3.8, 4) is 0 Å². The third-order valence-corrected chi connectivity index (χ3v) is 4.38. The van der Waals surface area contributed by atoms with E-state index in [1.165, 1.54) is 6.07 Å². The lowest BCUT2D eigenvalue weighted by Crippen LogP contribution is -2.20. The van der Waals surface area contributed by atoms with Gasteiger partial charge in [-0.25, -0.2) is 4.98 Å². The van der Waals surface area contributed by atoms with E-state index in [2.05, 4.69) is 4.98 Å². The number of carbonyl (C=O) groups excluding carboxylic acids is 1. The second-order valence-corrected chi connectivity index (χ2v) is 5.44. The lowest BCUT2D eigenvalue weighted by molar-refractivity contribution is -0.168. The van der Waals surface area contributed by atoms with Gasteiger partial charge in [-0.1, -0.05) is 11.5 Å². The number of ketones is 1. The van der Waals surface area contributed by atoms with Crippen molar-refractivity contribution in [2.75, 3.05) is 5.73 Å². The average Bonchev–Trinajstić information content (AvgIpc) is 3.07. The van der Waals surface area contributed by atoms with Gasteiger partial charge in [0.2, 0.25) is 0 Å². The molecule has 0 aromatic carbocycles. The van der Waals surface area contributed by atoms with Crippen LogP contribution >= 0.6 is 0 Å². The van der Waals surface area contributed by atoms with Crippen molar-refractivity contribution in [2.24, 2.45) is 10.8 Å². The number of nitrogens with zero attached hydrogens (tertiary/aromatic N) is 1. The van der Waals surface area contributed by atoms with E-state index in [-0.39, 0.29) is 29.7 Å². The first-order chi connectivity index (χ1) is 8.65. The third-order valence-electron chi connectivity index (χ3n) is 4.38. The van der Waals surface area contributed by atoms with Crippen molar-refractivity contribution < 1.29 is 18.0 Å². The highest BCUT2D eigenvalue weighted by molar-refractivity contribution is 6.33. The number of anilines is 1. The Bertz CT molecular complexity index is 606. The number of nitrogen functional groups attached to an aromatic ring is 1. The summed E-state index contributed by atoms with van der Waals surface area (Å²) >= 11 is 0. The molecule has 1 aromatic heterocycles. The molecule has 1 aromatic rings. The van der Waals surface area contributed by atoms with Gasteiger partial charge >= 0.3 is 6.18 Å². The van der Waals surface area contributed by atoms with Gasteiger partial charge in [-0.15, -0.1) is 0 Å². The van der Waals surface area contributed by atoms with Gasteiger partial charge in [0.15, 0.2) is 5.78 Å². The highest BCUT2D eigenvalue weighted by Gasteiger charge is 2.96. The van der Waals surface area contributed by atoms with Crippen LogP contribution in [0.2, 0.25) is 0 Å². The van der Waals surface area contributed by atoms with E-state index in [4.69, 9.17) is 13.6 Å². The molecule has 3 rings (SSSR count). The van der Waals surface area contributed by atoms with Gasteiger partial charge in [-0.05, 0) is 19.8 Å². The summed E-state index contributed by atoms with van der Waals surface area (Å²) in [6.07, 6.45) is -4.62. The van der Waals surface area contributed by atoms with Crippen molar-refractivity contribution in [3.05, 3.63) is 17.3 Å². The molecule has 0 atom stereocenters. The number of hydrogen-bond acceptors (Lipinski definition) is 3.